The summed E-state index contributed by atoms with van der Waals surface area (Å²) in [6.07, 6.45) is 3.60. The minimum absolute atomic E-state index is 0.411. The van der Waals surface area contributed by atoms with E-state index in [1.54, 1.807) is 0 Å². The van der Waals surface area contributed by atoms with Crippen LogP contribution in [0, 0.1) is 11.8 Å². The molecule has 0 aromatic heterocycles. The third-order valence-electron chi connectivity index (χ3n) is 3.25. The zero-order valence-electron chi connectivity index (χ0n) is 7.41. The SMILES string of the molecule is O=C1C(=C2SCCS2)[C@@H]2CC[C@H]1C2. The lowest BCUT2D eigenvalue weighted by molar-refractivity contribution is -0.118. The Morgan fingerprint density at radius 3 is 2.38 bits per heavy atom. The van der Waals surface area contributed by atoms with E-state index in [1.807, 2.05) is 23.5 Å². The summed E-state index contributed by atoms with van der Waals surface area (Å²) in [5.74, 6) is 3.95. The summed E-state index contributed by atoms with van der Waals surface area (Å²) in [7, 11) is 0. The van der Waals surface area contributed by atoms with Crippen LogP contribution in [0.4, 0.5) is 0 Å². The average Bonchev–Trinajstić information content (AvgIpc) is 2.76. The van der Waals surface area contributed by atoms with E-state index in [0.29, 0.717) is 17.6 Å². The van der Waals surface area contributed by atoms with Gasteiger partial charge >= 0.3 is 0 Å². The Labute approximate surface area is 86.7 Å². The van der Waals surface area contributed by atoms with Gasteiger partial charge in [0.2, 0.25) is 0 Å². The molecule has 2 saturated carbocycles. The van der Waals surface area contributed by atoms with Crippen LogP contribution in [0.15, 0.2) is 9.81 Å². The summed E-state index contributed by atoms with van der Waals surface area (Å²) in [4.78, 5) is 11.9. The van der Waals surface area contributed by atoms with E-state index < -0.39 is 0 Å². The molecule has 0 radical (unpaired) electrons. The fourth-order valence-electron chi connectivity index (χ4n) is 2.64. The van der Waals surface area contributed by atoms with Crippen molar-refractivity contribution in [1.29, 1.82) is 0 Å². The summed E-state index contributed by atoms with van der Waals surface area (Å²) in [6.45, 7) is 0. The van der Waals surface area contributed by atoms with Crippen LogP contribution in [-0.2, 0) is 4.79 Å². The lowest BCUT2D eigenvalue weighted by Crippen LogP contribution is -2.12. The second kappa shape index (κ2) is 3.06. The molecule has 1 nitrogen and oxygen atoms in total. The van der Waals surface area contributed by atoms with E-state index in [9.17, 15) is 4.79 Å². The zero-order chi connectivity index (χ0) is 8.84. The van der Waals surface area contributed by atoms with Crippen molar-refractivity contribution < 1.29 is 4.79 Å². The minimum Gasteiger partial charge on any atom is -0.294 e. The molecule has 0 aromatic carbocycles. The van der Waals surface area contributed by atoms with Crippen LogP contribution in [0.25, 0.3) is 0 Å². The van der Waals surface area contributed by atoms with Crippen molar-refractivity contribution in [2.45, 2.75) is 19.3 Å². The van der Waals surface area contributed by atoms with Crippen molar-refractivity contribution in [1.82, 2.24) is 0 Å². The summed E-state index contributed by atoms with van der Waals surface area (Å²) in [6, 6.07) is 0. The zero-order valence-corrected chi connectivity index (χ0v) is 9.05. The number of hydrogen-bond acceptors (Lipinski definition) is 3. The van der Waals surface area contributed by atoms with Crippen molar-refractivity contribution >= 4 is 29.3 Å². The van der Waals surface area contributed by atoms with Crippen molar-refractivity contribution in [3.63, 3.8) is 0 Å². The van der Waals surface area contributed by atoms with Gasteiger partial charge in [-0.3, -0.25) is 4.79 Å². The first kappa shape index (κ1) is 8.42. The van der Waals surface area contributed by atoms with Crippen molar-refractivity contribution in [3.8, 4) is 0 Å². The lowest BCUT2D eigenvalue weighted by Gasteiger charge is -2.13. The molecule has 0 spiro atoms. The third kappa shape index (κ3) is 1.20. The highest BCUT2D eigenvalue weighted by Gasteiger charge is 2.44. The van der Waals surface area contributed by atoms with Crippen LogP contribution in [0.2, 0.25) is 0 Å². The molecule has 70 valence electrons. The van der Waals surface area contributed by atoms with E-state index in [4.69, 9.17) is 0 Å². The van der Waals surface area contributed by atoms with Gasteiger partial charge in [0, 0.05) is 27.2 Å². The van der Waals surface area contributed by atoms with Gasteiger partial charge in [-0.2, -0.15) is 0 Å². The van der Waals surface area contributed by atoms with Gasteiger partial charge in [-0.05, 0) is 25.2 Å². The second-order valence-electron chi connectivity index (χ2n) is 3.97. The van der Waals surface area contributed by atoms with Gasteiger partial charge in [0.05, 0.1) is 0 Å². The van der Waals surface area contributed by atoms with Gasteiger partial charge in [0.1, 0.15) is 0 Å². The first-order valence-corrected chi connectivity index (χ1v) is 6.87. The van der Waals surface area contributed by atoms with Gasteiger partial charge < -0.3 is 0 Å². The minimum atomic E-state index is 0.411. The van der Waals surface area contributed by atoms with Gasteiger partial charge in [0.25, 0.3) is 0 Å². The van der Waals surface area contributed by atoms with E-state index in [2.05, 4.69) is 0 Å². The topological polar surface area (TPSA) is 17.1 Å². The molecule has 2 aliphatic carbocycles. The molecule has 13 heavy (non-hydrogen) atoms. The first-order valence-electron chi connectivity index (χ1n) is 4.90. The summed E-state index contributed by atoms with van der Waals surface area (Å²) in [5, 5.41) is 0. The summed E-state index contributed by atoms with van der Waals surface area (Å²) in [5.41, 5.74) is 1.23. The Balaban J connectivity index is 1.99. The molecule has 0 unspecified atom stereocenters. The molecule has 0 N–H and O–H groups in total. The van der Waals surface area contributed by atoms with Gasteiger partial charge in [-0.25, -0.2) is 0 Å². The molecular weight excluding hydrogens is 200 g/mol. The second-order valence-corrected chi connectivity index (χ2v) is 6.44. The number of rotatable bonds is 0. The maximum Gasteiger partial charge on any atom is 0.163 e. The highest BCUT2D eigenvalue weighted by molar-refractivity contribution is 8.25. The number of fused-ring (bicyclic) bond motifs is 2. The number of thioether (sulfide) groups is 2. The molecule has 0 aromatic rings. The maximum absolute atomic E-state index is 11.9. The number of carbonyl (C=O) groups excluding carboxylic acids is 1. The Hall–Kier alpha value is 0.110. The fraction of sp³-hybridized carbons (Fsp3) is 0.700. The standard InChI is InChI=1S/C10H12OS2/c11-9-7-2-1-6(5-7)8(9)10-12-3-4-13-10/h6-7H,1-5H2/t6-,7+/m1/s1. The Kier molecular flexibility index (Phi) is 1.98. The van der Waals surface area contributed by atoms with Crippen molar-refractivity contribution in [2.24, 2.45) is 11.8 Å². The molecule has 3 heteroatoms. The van der Waals surface area contributed by atoms with Gasteiger partial charge in [-0.15, -0.1) is 23.5 Å². The van der Waals surface area contributed by atoms with Crippen LogP contribution in [0.3, 0.4) is 0 Å². The van der Waals surface area contributed by atoms with Crippen LogP contribution in [0.1, 0.15) is 19.3 Å². The molecule has 3 aliphatic rings. The molecule has 2 atom stereocenters. The van der Waals surface area contributed by atoms with Crippen molar-refractivity contribution in [3.05, 3.63) is 9.81 Å². The third-order valence-corrected chi connectivity index (χ3v) is 5.99. The predicted molar refractivity (Wildman–Crippen MR) is 57.8 cm³/mol. The molecule has 1 aliphatic heterocycles. The van der Waals surface area contributed by atoms with Crippen molar-refractivity contribution in [2.75, 3.05) is 11.5 Å². The number of ketones is 1. The molecule has 1 heterocycles. The van der Waals surface area contributed by atoms with E-state index in [0.717, 1.165) is 6.42 Å². The van der Waals surface area contributed by atoms with Crippen LogP contribution in [-0.4, -0.2) is 17.3 Å². The lowest BCUT2D eigenvalue weighted by atomic mass is 9.95. The quantitative estimate of drug-likeness (QED) is 0.575. The maximum atomic E-state index is 11.9. The Morgan fingerprint density at radius 1 is 1.08 bits per heavy atom. The number of allylic oxidation sites excluding steroid dienone is 1. The summed E-state index contributed by atoms with van der Waals surface area (Å²) < 4.78 is 1.37. The number of carbonyl (C=O) groups is 1. The molecular formula is C10H12OS2. The first-order chi connectivity index (χ1) is 6.36. The molecule has 0 amide bonds. The van der Waals surface area contributed by atoms with Gasteiger partial charge in [0.15, 0.2) is 5.78 Å². The smallest absolute Gasteiger partial charge is 0.163 e. The largest absolute Gasteiger partial charge is 0.294 e. The molecule has 3 rings (SSSR count). The van der Waals surface area contributed by atoms with E-state index >= 15 is 0 Å². The number of Topliss-reactive ketones (excluding diaryl/α,β-unsaturated/α-hetero) is 1. The van der Waals surface area contributed by atoms with Crippen LogP contribution in [0.5, 0.6) is 0 Å². The number of hydrogen-bond donors (Lipinski definition) is 0. The van der Waals surface area contributed by atoms with Crippen LogP contribution < -0.4 is 0 Å². The monoisotopic (exact) mass is 212 g/mol. The summed E-state index contributed by atoms with van der Waals surface area (Å²) >= 11 is 3.81. The Morgan fingerprint density at radius 2 is 1.77 bits per heavy atom. The predicted octanol–water partition coefficient (Wildman–Crippen LogP) is 2.68. The normalized spacial score (nSPS) is 38.0. The molecule has 3 fully saturated rings. The highest BCUT2D eigenvalue weighted by atomic mass is 32.2. The van der Waals surface area contributed by atoms with E-state index in [1.165, 1.54) is 34.2 Å². The molecule has 2 bridgehead atoms. The van der Waals surface area contributed by atoms with Gasteiger partial charge in [-0.1, -0.05) is 0 Å². The Bertz CT molecular complexity index is 287. The fourth-order valence-corrected chi connectivity index (χ4v) is 5.35. The molecule has 1 saturated heterocycles. The highest BCUT2D eigenvalue weighted by Crippen LogP contribution is 2.51. The van der Waals surface area contributed by atoms with Crippen LogP contribution >= 0.6 is 23.5 Å². The average molecular weight is 212 g/mol. The van der Waals surface area contributed by atoms with E-state index in [-0.39, 0.29) is 0 Å².